The SMILES string of the molecule is C=CCN1CCCN(C(=O)c2ccccc2I)CC1. The lowest BCUT2D eigenvalue weighted by Crippen LogP contribution is -2.35. The van der Waals surface area contributed by atoms with Gasteiger partial charge in [-0.3, -0.25) is 9.69 Å². The van der Waals surface area contributed by atoms with Crippen LogP contribution in [-0.2, 0) is 0 Å². The van der Waals surface area contributed by atoms with E-state index in [1.54, 1.807) is 0 Å². The molecule has 0 saturated carbocycles. The molecule has 1 amide bonds. The van der Waals surface area contributed by atoms with Crippen LogP contribution in [0.25, 0.3) is 0 Å². The van der Waals surface area contributed by atoms with Crippen molar-refractivity contribution < 1.29 is 4.79 Å². The zero-order valence-corrected chi connectivity index (χ0v) is 13.2. The number of hydrogen-bond donors (Lipinski definition) is 0. The molecule has 3 nitrogen and oxygen atoms in total. The quantitative estimate of drug-likeness (QED) is 0.603. The summed E-state index contributed by atoms with van der Waals surface area (Å²) in [5, 5.41) is 0. The van der Waals surface area contributed by atoms with Crippen molar-refractivity contribution in [3.8, 4) is 0 Å². The molecule has 1 fully saturated rings. The van der Waals surface area contributed by atoms with Crippen molar-refractivity contribution >= 4 is 28.5 Å². The molecule has 102 valence electrons. The molecular weight excluding hydrogens is 351 g/mol. The molecule has 1 heterocycles. The van der Waals surface area contributed by atoms with Crippen LogP contribution in [0.1, 0.15) is 16.8 Å². The van der Waals surface area contributed by atoms with E-state index in [0.717, 1.165) is 48.3 Å². The molecule has 0 radical (unpaired) electrons. The first kappa shape index (κ1) is 14.5. The lowest BCUT2D eigenvalue weighted by Gasteiger charge is -2.21. The first-order chi connectivity index (χ1) is 9.22. The number of carbonyl (C=O) groups is 1. The molecule has 4 heteroatoms. The number of carbonyl (C=O) groups excluding carboxylic acids is 1. The Kier molecular flexibility index (Phi) is 5.39. The van der Waals surface area contributed by atoms with Crippen LogP contribution in [0.15, 0.2) is 36.9 Å². The molecule has 0 aliphatic carbocycles. The second-order valence-electron chi connectivity index (χ2n) is 4.71. The fourth-order valence-electron chi connectivity index (χ4n) is 2.34. The third-order valence-corrected chi connectivity index (χ3v) is 4.31. The average molecular weight is 370 g/mol. The molecular formula is C15H19IN2O. The van der Waals surface area contributed by atoms with Crippen molar-refractivity contribution in [3.05, 3.63) is 46.1 Å². The average Bonchev–Trinajstić information content (AvgIpc) is 2.65. The lowest BCUT2D eigenvalue weighted by molar-refractivity contribution is 0.0761. The Morgan fingerprint density at radius 3 is 2.79 bits per heavy atom. The van der Waals surface area contributed by atoms with Gasteiger partial charge < -0.3 is 4.90 Å². The minimum atomic E-state index is 0.158. The van der Waals surface area contributed by atoms with Gasteiger partial charge >= 0.3 is 0 Å². The van der Waals surface area contributed by atoms with Crippen molar-refractivity contribution in [2.45, 2.75) is 6.42 Å². The van der Waals surface area contributed by atoms with Crippen LogP contribution in [-0.4, -0.2) is 48.4 Å². The van der Waals surface area contributed by atoms with Crippen LogP contribution < -0.4 is 0 Å². The summed E-state index contributed by atoms with van der Waals surface area (Å²) in [4.78, 5) is 16.8. The van der Waals surface area contributed by atoms with E-state index < -0.39 is 0 Å². The molecule has 1 aromatic carbocycles. The molecule has 2 rings (SSSR count). The Balaban J connectivity index is 2.04. The molecule has 1 aliphatic rings. The maximum Gasteiger partial charge on any atom is 0.254 e. The van der Waals surface area contributed by atoms with Crippen molar-refractivity contribution in [1.82, 2.24) is 9.80 Å². The van der Waals surface area contributed by atoms with E-state index in [-0.39, 0.29) is 5.91 Å². The van der Waals surface area contributed by atoms with E-state index in [1.807, 2.05) is 35.2 Å². The van der Waals surface area contributed by atoms with Crippen LogP contribution in [0.2, 0.25) is 0 Å². The smallest absolute Gasteiger partial charge is 0.254 e. The molecule has 0 aromatic heterocycles. The van der Waals surface area contributed by atoms with Crippen LogP contribution in [0.4, 0.5) is 0 Å². The zero-order chi connectivity index (χ0) is 13.7. The number of hydrogen-bond acceptors (Lipinski definition) is 2. The molecule has 0 spiro atoms. The minimum Gasteiger partial charge on any atom is -0.337 e. The summed E-state index contributed by atoms with van der Waals surface area (Å²) < 4.78 is 1.03. The van der Waals surface area contributed by atoms with Crippen LogP contribution in [0.3, 0.4) is 0 Å². The van der Waals surface area contributed by atoms with E-state index in [2.05, 4.69) is 34.1 Å². The maximum absolute atomic E-state index is 12.5. The van der Waals surface area contributed by atoms with Gasteiger partial charge in [0.25, 0.3) is 5.91 Å². The normalized spacial score (nSPS) is 17.0. The third-order valence-electron chi connectivity index (χ3n) is 3.37. The number of nitrogens with zero attached hydrogens (tertiary/aromatic N) is 2. The van der Waals surface area contributed by atoms with Gasteiger partial charge in [0.05, 0.1) is 5.56 Å². The molecule has 0 N–H and O–H groups in total. The Morgan fingerprint density at radius 1 is 1.26 bits per heavy atom. The second kappa shape index (κ2) is 7.05. The van der Waals surface area contributed by atoms with Crippen molar-refractivity contribution in [2.75, 3.05) is 32.7 Å². The monoisotopic (exact) mass is 370 g/mol. The van der Waals surface area contributed by atoms with Gasteiger partial charge in [-0.15, -0.1) is 6.58 Å². The van der Waals surface area contributed by atoms with Crippen molar-refractivity contribution in [1.29, 1.82) is 0 Å². The predicted octanol–water partition coefficient (Wildman–Crippen LogP) is 2.63. The number of benzene rings is 1. The largest absolute Gasteiger partial charge is 0.337 e. The van der Waals surface area contributed by atoms with E-state index in [0.29, 0.717) is 0 Å². The van der Waals surface area contributed by atoms with Gasteiger partial charge in [0, 0.05) is 36.3 Å². The van der Waals surface area contributed by atoms with E-state index in [4.69, 9.17) is 0 Å². The zero-order valence-electron chi connectivity index (χ0n) is 11.0. The van der Waals surface area contributed by atoms with Gasteiger partial charge in [0.15, 0.2) is 0 Å². The van der Waals surface area contributed by atoms with Crippen LogP contribution in [0, 0.1) is 3.57 Å². The van der Waals surface area contributed by atoms with Gasteiger partial charge in [-0.05, 0) is 41.1 Å². The summed E-state index contributed by atoms with van der Waals surface area (Å²) in [5.41, 5.74) is 0.820. The third kappa shape index (κ3) is 3.79. The molecule has 19 heavy (non-hydrogen) atoms. The summed E-state index contributed by atoms with van der Waals surface area (Å²) in [5.74, 6) is 0.158. The highest BCUT2D eigenvalue weighted by Gasteiger charge is 2.20. The summed E-state index contributed by atoms with van der Waals surface area (Å²) in [6.45, 7) is 8.31. The Morgan fingerprint density at radius 2 is 2.05 bits per heavy atom. The summed E-state index contributed by atoms with van der Waals surface area (Å²) in [6.07, 6.45) is 2.96. The number of amides is 1. The number of halogens is 1. The molecule has 1 aromatic rings. The van der Waals surface area contributed by atoms with Crippen molar-refractivity contribution in [3.63, 3.8) is 0 Å². The first-order valence-corrected chi connectivity index (χ1v) is 7.67. The fourth-order valence-corrected chi connectivity index (χ4v) is 2.96. The fraction of sp³-hybridized carbons (Fsp3) is 0.400. The second-order valence-corrected chi connectivity index (χ2v) is 5.88. The van der Waals surface area contributed by atoms with Crippen LogP contribution in [0.5, 0.6) is 0 Å². The first-order valence-electron chi connectivity index (χ1n) is 6.59. The highest BCUT2D eigenvalue weighted by atomic mass is 127. The molecule has 1 aliphatic heterocycles. The van der Waals surface area contributed by atoms with Crippen LogP contribution >= 0.6 is 22.6 Å². The Bertz CT molecular complexity index is 461. The molecule has 0 bridgehead atoms. The van der Waals surface area contributed by atoms with E-state index in [1.165, 1.54) is 0 Å². The van der Waals surface area contributed by atoms with Gasteiger partial charge in [-0.2, -0.15) is 0 Å². The Hall–Kier alpha value is -0.880. The highest BCUT2D eigenvalue weighted by molar-refractivity contribution is 14.1. The molecule has 1 saturated heterocycles. The summed E-state index contributed by atoms with van der Waals surface area (Å²) >= 11 is 2.23. The minimum absolute atomic E-state index is 0.158. The molecule has 0 atom stereocenters. The van der Waals surface area contributed by atoms with E-state index >= 15 is 0 Å². The standard InChI is InChI=1S/C15H19IN2O/c1-2-8-17-9-5-10-18(12-11-17)15(19)13-6-3-4-7-14(13)16/h2-4,6-7H,1,5,8-12H2. The summed E-state index contributed by atoms with van der Waals surface area (Å²) in [6, 6.07) is 7.79. The topological polar surface area (TPSA) is 23.6 Å². The van der Waals surface area contributed by atoms with Gasteiger partial charge in [-0.1, -0.05) is 18.2 Å². The molecule has 0 unspecified atom stereocenters. The summed E-state index contributed by atoms with van der Waals surface area (Å²) in [7, 11) is 0. The van der Waals surface area contributed by atoms with Crippen molar-refractivity contribution in [2.24, 2.45) is 0 Å². The Labute approximate surface area is 128 Å². The number of rotatable bonds is 3. The maximum atomic E-state index is 12.5. The highest BCUT2D eigenvalue weighted by Crippen LogP contribution is 2.15. The van der Waals surface area contributed by atoms with Gasteiger partial charge in [-0.25, -0.2) is 0 Å². The van der Waals surface area contributed by atoms with Gasteiger partial charge in [0.1, 0.15) is 0 Å². The lowest BCUT2D eigenvalue weighted by atomic mass is 10.2. The predicted molar refractivity (Wildman–Crippen MR) is 86.3 cm³/mol. The van der Waals surface area contributed by atoms with E-state index in [9.17, 15) is 4.79 Å². The van der Waals surface area contributed by atoms with Gasteiger partial charge in [0.2, 0.25) is 0 Å².